The average Bonchev–Trinajstić information content (AvgIpc) is 2.80. The standard InChI is InChI=1S/C12H21N5O2/c1-8(2)11-15-16-12(19-11)14-10(18)7-17-5-3-9(13)4-6-17/h8-9H,3-7,13H2,1-2H3,(H,14,16,18). The van der Waals surface area contributed by atoms with E-state index in [1.165, 1.54) is 0 Å². The van der Waals surface area contributed by atoms with E-state index in [1.54, 1.807) is 0 Å². The van der Waals surface area contributed by atoms with Gasteiger partial charge in [0.2, 0.25) is 11.8 Å². The van der Waals surface area contributed by atoms with E-state index in [9.17, 15) is 4.79 Å². The molecule has 2 heterocycles. The molecule has 106 valence electrons. The molecule has 1 aromatic rings. The van der Waals surface area contributed by atoms with Gasteiger partial charge in [0.05, 0.1) is 6.54 Å². The number of hydrogen-bond acceptors (Lipinski definition) is 6. The van der Waals surface area contributed by atoms with Gasteiger partial charge >= 0.3 is 6.01 Å². The van der Waals surface area contributed by atoms with Crippen LogP contribution in [0.3, 0.4) is 0 Å². The summed E-state index contributed by atoms with van der Waals surface area (Å²) < 4.78 is 5.33. The maximum Gasteiger partial charge on any atom is 0.322 e. The van der Waals surface area contributed by atoms with Gasteiger partial charge in [-0.15, -0.1) is 5.10 Å². The van der Waals surface area contributed by atoms with E-state index >= 15 is 0 Å². The summed E-state index contributed by atoms with van der Waals surface area (Å²) in [7, 11) is 0. The second kappa shape index (κ2) is 6.12. The molecule has 7 nitrogen and oxygen atoms in total. The van der Waals surface area contributed by atoms with Crippen LogP contribution < -0.4 is 11.1 Å². The summed E-state index contributed by atoms with van der Waals surface area (Å²) in [5.41, 5.74) is 5.82. The van der Waals surface area contributed by atoms with Crippen LogP contribution in [0.25, 0.3) is 0 Å². The van der Waals surface area contributed by atoms with Gasteiger partial charge in [-0.25, -0.2) is 0 Å². The molecule has 0 aliphatic carbocycles. The van der Waals surface area contributed by atoms with Crippen molar-refractivity contribution in [2.45, 2.75) is 38.6 Å². The number of carbonyl (C=O) groups excluding carboxylic acids is 1. The lowest BCUT2D eigenvalue weighted by molar-refractivity contribution is -0.117. The Kier molecular flexibility index (Phi) is 4.49. The van der Waals surface area contributed by atoms with Gasteiger partial charge in [0.25, 0.3) is 0 Å². The van der Waals surface area contributed by atoms with Crippen molar-refractivity contribution in [2.75, 3.05) is 25.0 Å². The lowest BCUT2D eigenvalue weighted by atomic mass is 10.1. The molecule has 0 radical (unpaired) electrons. The Balaban J connectivity index is 1.80. The summed E-state index contributed by atoms with van der Waals surface area (Å²) in [4.78, 5) is 13.9. The first-order valence-corrected chi connectivity index (χ1v) is 6.66. The maximum absolute atomic E-state index is 11.8. The molecule has 0 spiro atoms. The molecule has 0 bridgehead atoms. The van der Waals surface area contributed by atoms with E-state index in [0.29, 0.717) is 12.4 Å². The number of aromatic nitrogens is 2. The fourth-order valence-electron chi connectivity index (χ4n) is 1.99. The maximum atomic E-state index is 11.8. The van der Waals surface area contributed by atoms with Crippen LogP contribution in [-0.4, -0.2) is 46.7 Å². The number of nitrogens with one attached hydrogen (secondary N) is 1. The number of nitrogens with zero attached hydrogens (tertiary/aromatic N) is 3. The molecule has 3 N–H and O–H groups in total. The van der Waals surface area contributed by atoms with E-state index in [1.807, 2.05) is 13.8 Å². The largest absolute Gasteiger partial charge is 0.408 e. The van der Waals surface area contributed by atoms with Crippen LogP contribution in [0, 0.1) is 0 Å². The van der Waals surface area contributed by atoms with Crippen molar-refractivity contribution in [3.05, 3.63) is 5.89 Å². The molecule has 1 aliphatic rings. The highest BCUT2D eigenvalue weighted by Gasteiger charge is 2.19. The quantitative estimate of drug-likeness (QED) is 0.827. The van der Waals surface area contributed by atoms with Crippen molar-refractivity contribution in [2.24, 2.45) is 5.73 Å². The number of piperidine rings is 1. The Morgan fingerprint density at radius 2 is 2.16 bits per heavy atom. The van der Waals surface area contributed by atoms with Crippen molar-refractivity contribution in [1.29, 1.82) is 0 Å². The summed E-state index contributed by atoms with van der Waals surface area (Å²) in [6.07, 6.45) is 1.87. The van der Waals surface area contributed by atoms with Gasteiger partial charge in [-0.3, -0.25) is 15.0 Å². The van der Waals surface area contributed by atoms with Crippen LogP contribution >= 0.6 is 0 Å². The Bertz CT molecular complexity index is 424. The monoisotopic (exact) mass is 267 g/mol. The number of hydrogen-bond donors (Lipinski definition) is 2. The third-order valence-electron chi connectivity index (χ3n) is 3.18. The third kappa shape index (κ3) is 4.00. The van der Waals surface area contributed by atoms with Gasteiger partial charge in [0.15, 0.2) is 0 Å². The first kappa shape index (κ1) is 14.0. The predicted molar refractivity (Wildman–Crippen MR) is 70.7 cm³/mol. The fourth-order valence-corrected chi connectivity index (χ4v) is 1.99. The highest BCUT2D eigenvalue weighted by molar-refractivity contribution is 5.90. The summed E-state index contributed by atoms with van der Waals surface area (Å²) in [5, 5.41) is 10.3. The van der Waals surface area contributed by atoms with Gasteiger partial charge in [-0.2, -0.15) is 0 Å². The number of likely N-dealkylation sites (tertiary alicyclic amines) is 1. The van der Waals surface area contributed by atoms with Crippen LogP contribution in [0.4, 0.5) is 6.01 Å². The molecule has 0 unspecified atom stereocenters. The zero-order valence-electron chi connectivity index (χ0n) is 11.4. The summed E-state index contributed by atoms with van der Waals surface area (Å²) in [6.45, 7) is 5.96. The number of carbonyl (C=O) groups is 1. The van der Waals surface area contributed by atoms with E-state index in [0.717, 1.165) is 25.9 Å². The van der Waals surface area contributed by atoms with Gasteiger partial charge in [-0.1, -0.05) is 18.9 Å². The first-order valence-electron chi connectivity index (χ1n) is 6.66. The molecule has 1 aliphatic heterocycles. The second-order valence-corrected chi connectivity index (χ2v) is 5.26. The lowest BCUT2D eigenvalue weighted by Gasteiger charge is -2.29. The molecular weight excluding hydrogens is 246 g/mol. The zero-order valence-corrected chi connectivity index (χ0v) is 11.4. The Labute approximate surface area is 112 Å². The average molecular weight is 267 g/mol. The predicted octanol–water partition coefficient (Wildman–Crippen LogP) is 0.555. The number of anilines is 1. The van der Waals surface area contributed by atoms with Gasteiger partial charge in [0.1, 0.15) is 0 Å². The van der Waals surface area contributed by atoms with Crippen molar-refractivity contribution < 1.29 is 9.21 Å². The topological polar surface area (TPSA) is 97.3 Å². The molecule has 1 saturated heterocycles. The first-order chi connectivity index (χ1) is 9.04. The lowest BCUT2D eigenvalue weighted by Crippen LogP contribution is -2.43. The van der Waals surface area contributed by atoms with Gasteiger partial charge in [-0.05, 0) is 12.8 Å². The third-order valence-corrected chi connectivity index (χ3v) is 3.18. The molecule has 2 rings (SSSR count). The Morgan fingerprint density at radius 1 is 1.47 bits per heavy atom. The number of amides is 1. The van der Waals surface area contributed by atoms with Crippen molar-refractivity contribution >= 4 is 11.9 Å². The minimum atomic E-state index is -0.130. The summed E-state index contributed by atoms with van der Waals surface area (Å²) in [5.74, 6) is 0.551. The van der Waals surface area contributed by atoms with Crippen molar-refractivity contribution in [1.82, 2.24) is 15.1 Å². The van der Waals surface area contributed by atoms with Crippen LogP contribution in [0.2, 0.25) is 0 Å². The van der Waals surface area contributed by atoms with Gasteiger partial charge < -0.3 is 10.2 Å². The van der Waals surface area contributed by atoms with Crippen LogP contribution in [0.1, 0.15) is 38.5 Å². The summed E-state index contributed by atoms with van der Waals surface area (Å²) >= 11 is 0. The van der Waals surface area contributed by atoms with Crippen LogP contribution in [-0.2, 0) is 4.79 Å². The van der Waals surface area contributed by atoms with E-state index in [4.69, 9.17) is 10.2 Å². The highest BCUT2D eigenvalue weighted by atomic mass is 16.4. The van der Waals surface area contributed by atoms with Crippen LogP contribution in [0.5, 0.6) is 0 Å². The molecule has 0 saturated carbocycles. The molecule has 0 atom stereocenters. The molecule has 1 amide bonds. The highest BCUT2D eigenvalue weighted by Crippen LogP contribution is 2.15. The molecule has 0 aromatic carbocycles. The Morgan fingerprint density at radius 3 is 2.74 bits per heavy atom. The molecule has 1 fully saturated rings. The van der Waals surface area contributed by atoms with Crippen molar-refractivity contribution in [3.8, 4) is 0 Å². The number of nitrogens with two attached hydrogens (primary N) is 1. The zero-order chi connectivity index (χ0) is 13.8. The minimum Gasteiger partial charge on any atom is -0.408 e. The smallest absolute Gasteiger partial charge is 0.322 e. The minimum absolute atomic E-state index is 0.130. The summed E-state index contributed by atoms with van der Waals surface area (Å²) in [6, 6.07) is 0.436. The molecular formula is C12H21N5O2. The number of rotatable bonds is 4. The second-order valence-electron chi connectivity index (χ2n) is 5.26. The van der Waals surface area contributed by atoms with Crippen molar-refractivity contribution in [3.63, 3.8) is 0 Å². The van der Waals surface area contributed by atoms with Gasteiger partial charge in [0, 0.05) is 25.0 Å². The van der Waals surface area contributed by atoms with E-state index in [2.05, 4.69) is 20.4 Å². The SMILES string of the molecule is CC(C)c1nnc(NC(=O)CN2CCC(N)CC2)o1. The normalized spacial score (nSPS) is 17.9. The molecule has 1 aromatic heterocycles. The molecule has 19 heavy (non-hydrogen) atoms. The Hall–Kier alpha value is -1.47. The van der Waals surface area contributed by atoms with E-state index < -0.39 is 0 Å². The fraction of sp³-hybridized carbons (Fsp3) is 0.750. The molecule has 7 heteroatoms. The van der Waals surface area contributed by atoms with Crippen LogP contribution in [0.15, 0.2) is 4.42 Å². The van der Waals surface area contributed by atoms with E-state index in [-0.39, 0.29) is 23.9 Å².